The number of nitrogens with one attached hydrogen (secondary N) is 1. The lowest BCUT2D eigenvalue weighted by atomic mass is 10.1. The van der Waals surface area contributed by atoms with Crippen LogP contribution < -0.4 is 5.32 Å². The lowest BCUT2D eigenvalue weighted by Gasteiger charge is -2.13. The standard InChI is InChI=1S/C12H15N/c1-3-7-11(8-4-1)13-12-9-5-2-6-10-12/h3,5,7-10,13H,1-2,4,6H2. The van der Waals surface area contributed by atoms with Gasteiger partial charge in [-0.25, -0.2) is 0 Å². The molecule has 0 amide bonds. The van der Waals surface area contributed by atoms with E-state index in [-0.39, 0.29) is 0 Å². The van der Waals surface area contributed by atoms with Gasteiger partial charge in [-0.3, -0.25) is 0 Å². The van der Waals surface area contributed by atoms with Crippen LogP contribution in [0.3, 0.4) is 0 Å². The van der Waals surface area contributed by atoms with Gasteiger partial charge in [0, 0.05) is 11.4 Å². The Morgan fingerprint density at radius 3 is 1.69 bits per heavy atom. The minimum atomic E-state index is 1.16. The summed E-state index contributed by atoms with van der Waals surface area (Å²) in [5.74, 6) is 0. The van der Waals surface area contributed by atoms with E-state index in [1.807, 2.05) is 0 Å². The quantitative estimate of drug-likeness (QED) is 0.676. The van der Waals surface area contributed by atoms with Crippen LogP contribution >= 0.6 is 0 Å². The summed E-state index contributed by atoms with van der Waals surface area (Å²) in [4.78, 5) is 0. The van der Waals surface area contributed by atoms with Gasteiger partial charge < -0.3 is 5.32 Å². The van der Waals surface area contributed by atoms with E-state index in [2.05, 4.69) is 41.8 Å². The third-order valence-corrected chi connectivity index (χ3v) is 2.28. The third kappa shape index (κ3) is 2.35. The molecule has 2 aliphatic rings. The molecule has 0 atom stereocenters. The highest BCUT2D eigenvalue weighted by Gasteiger charge is 1.99. The maximum Gasteiger partial charge on any atom is 0.0340 e. The normalized spacial score (nSPS) is 20.9. The molecule has 0 aliphatic heterocycles. The second-order valence-corrected chi connectivity index (χ2v) is 3.40. The molecule has 1 N–H and O–H groups in total. The van der Waals surface area contributed by atoms with Crippen LogP contribution in [0.1, 0.15) is 25.7 Å². The lowest BCUT2D eigenvalue weighted by molar-refractivity contribution is 0.916. The average molecular weight is 173 g/mol. The predicted octanol–water partition coefficient (Wildman–Crippen LogP) is 3.04. The fourth-order valence-electron chi connectivity index (χ4n) is 1.58. The van der Waals surface area contributed by atoms with E-state index in [1.165, 1.54) is 24.2 Å². The van der Waals surface area contributed by atoms with Gasteiger partial charge in [-0.2, -0.15) is 0 Å². The maximum atomic E-state index is 3.41. The van der Waals surface area contributed by atoms with Gasteiger partial charge >= 0.3 is 0 Å². The molecule has 2 aliphatic carbocycles. The monoisotopic (exact) mass is 173 g/mol. The van der Waals surface area contributed by atoms with Crippen LogP contribution in [0.25, 0.3) is 0 Å². The molecule has 0 aromatic rings. The third-order valence-electron chi connectivity index (χ3n) is 2.28. The zero-order chi connectivity index (χ0) is 8.93. The van der Waals surface area contributed by atoms with Crippen molar-refractivity contribution in [2.45, 2.75) is 25.7 Å². The van der Waals surface area contributed by atoms with E-state index in [0.717, 1.165) is 12.8 Å². The predicted molar refractivity (Wildman–Crippen MR) is 56.0 cm³/mol. The summed E-state index contributed by atoms with van der Waals surface area (Å²) in [5.41, 5.74) is 2.48. The van der Waals surface area contributed by atoms with E-state index in [9.17, 15) is 0 Å². The van der Waals surface area contributed by atoms with Gasteiger partial charge in [0.25, 0.3) is 0 Å². The van der Waals surface area contributed by atoms with Gasteiger partial charge in [-0.15, -0.1) is 0 Å². The summed E-state index contributed by atoms with van der Waals surface area (Å²) in [6.07, 6.45) is 17.9. The van der Waals surface area contributed by atoms with Crippen LogP contribution in [-0.2, 0) is 0 Å². The zero-order valence-electron chi connectivity index (χ0n) is 7.79. The first-order valence-electron chi connectivity index (χ1n) is 4.95. The Kier molecular flexibility index (Phi) is 2.65. The Hall–Kier alpha value is -1.24. The smallest absolute Gasteiger partial charge is 0.0340 e. The molecule has 68 valence electrons. The van der Waals surface area contributed by atoms with Crippen LogP contribution in [0.2, 0.25) is 0 Å². The molecule has 0 saturated carbocycles. The van der Waals surface area contributed by atoms with Crippen molar-refractivity contribution in [2.75, 3.05) is 0 Å². The molecule has 1 nitrogen and oxygen atoms in total. The molecule has 2 rings (SSSR count). The molecule has 0 radical (unpaired) electrons. The Bertz CT molecular complexity index is 262. The molecule has 1 heteroatoms. The lowest BCUT2D eigenvalue weighted by Crippen LogP contribution is -2.11. The second-order valence-electron chi connectivity index (χ2n) is 3.40. The van der Waals surface area contributed by atoms with Crippen LogP contribution in [0.15, 0.2) is 47.9 Å². The number of hydrogen-bond donors (Lipinski definition) is 1. The molecule has 0 saturated heterocycles. The van der Waals surface area contributed by atoms with Crippen LogP contribution in [0.5, 0.6) is 0 Å². The molecule has 0 aromatic carbocycles. The van der Waals surface area contributed by atoms with Crippen molar-refractivity contribution in [2.24, 2.45) is 0 Å². The molecule has 0 fully saturated rings. The summed E-state index contributed by atoms with van der Waals surface area (Å²) in [5, 5.41) is 3.41. The molecule has 0 unspecified atom stereocenters. The van der Waals surface area contributed by atoms with E-state index in [4.69, 9.17) is 0 Å². The van der Waals surface area contributed by atoms with Gasteiger partial charge in [-0.05, 0) is 37.8 Å². The molecular weight excluding hydrogens is 158 g/mol. The summed E-state index contributed by atoms with van der Waals surface area (Å²) < 4.78 is 0. The van der Waals surface area contributed by atoms with Crippen molar-refractivity contribution in [3.8, 4) is 0 Å². The summed E-state index contributed by atoms with van der Waals surface area (Å²) >= 11 is 0. The molecule has 13 heavy (non-hydrogen) atoms. The van der Waals surface area contributed by atoms with E-state index < -0.39 is 0 Å². The summed E-state index contributed by atoms with van der Waals surface area (Å²) in [6.45, 7) is 0. The SMILES string of the molecule is C1=CC(NC2=CCCC=C2)=CCC1. The number of allylic oxidation sites excluding steroid dienone is 6. The van der Waals surface area contributed by atoms with Crippen molar-refractivity contribution < 1.29 is 0 Å². The van der Waals surface area contributed by atoms with E-state index in [1.54, 1.807) is 0 Å². The Morgan fingerprint density at radius 2 is 1.31 bits per heavy atom. The van der Waals surface area contributed by atoms with Crippen LogP contribution in [0, 0.1) is 0 Å². The first-order chi connectivity index (χ1) is 6.45. The zero-order valence-corrected chi connectivity index (χ0v) is 7.79. The van der Waals surface area contributed by atoms with Crippen molar-refractivity contribution in [3.05, 3.63) is 47.9 Å². The number of hydrogen-bond acceptors (Lipinski definition) is 1. The summed E-state index contributed by atoms with van der Waals surface area (Å²) in [7, 11) is 0. The van der Waals surface area contributed by atoms with Crippen molar-refractivity contribution in [1.82, 2.24) is 5.32 Å². The highest BCUT2D eigenvalue weighted by atomic mass is 14.9. The fourth-order valence-corrected chi connectivity index (χ4v) is 1.58. The van der Waals surface area contributed by atoms with Gasteiger partial charge in [0.15, 0.2) is 0 Å². The number of rotatable bonds is 2. The van der Waals surface area contributed by atoms with Crippen molar-refractivity contribution in [1.29, 1.82) is 0 Å². The van der Waals surface area contributed by atoms with E-state index in [0.29, 0.717) is 0 Å². The highest BCUT2D eigenvalue weighted by Crippen LogP contribution is 2.12. The molecule has 0 spiro atoms. The van der Waals surface area contributed by atoms with Gasteiger partial charge in [0.05, 0.1) is 0 Å². The second kappa shape index (κ2) is 4.13. The minimum absolute atomic E-state index is 1.16. The van der Waals surface area contributed by atoms with Crippen molar-refractivity contribution >= 4 is 0 Å². The molecule has 0 bridgehead atoms. The highest BCUT2D eigenvalue weighted by molar-refractivity contribution is 5.30. The van der Waals surface area contributed by atoms with Crippen LogP contribution in [-0.4, -0.2) is 0 Å². The summed E-state index contributed by atoms with van der Waals surface area (Å²) in [6, 6.07) is 0. The largest absolute Gasteiger partial charge is 0.356 e. The molecular formula is C12H15N. The average Bonchev–Trinajstić information content (AvgIpc) is 2.21. The minimum Gasteiger partial charge on any atom is -0.356 e. The van der Waals surface area contributed by atoms with Crippen molar-refractivity contribution in [3.63, 3.8) is 0 Å². The first kappa shape index (κ1) is 8.36. The van der Waals surface area contributed by atoms with Gasteiger partial charge in [0.2, 0.25) is 0 Å². The first-order valence-corrected chi connectivity index (χ1v) is 4.95. The van der Waals surface area contributed by atoms with Gasteiger partial charge in [-0.1, -0.05) is 24.3 Å². The maximum absolute atomic E-state index is 3.41. The Morgan fingerprint density at radius 1 is 0.769 bits per heavy atom. The van der Waals surface area contributed by atoms with E-state index >= 15 is 0 Å². The molecule has 0 aromatic heterocycles. The van der Waals surface area contributed by atoms with Gasteiger partial charge in [0.1, 0.15) is 0 Å². The topological polar surface area (TPSA) is 12.0 Å². The fraction of sp³-hybridized carbons (Fsp3) is 0.333. The Labute approximate surface area is 79.5 Å². The molecule has 0 heterocycles. The Balaban J connectivity index is 1.97. The van der Waals surface area contributed by atoms with Crippen LogP contribution in [0.4, 0.5) is 0 Å².